The van der Waals surface area contributed by atoms with Crippen molar-refractivity contribution in [3.8, 4) is 0 Å². The van der Waals surface area contributed by atoms with Gasteiger partial charge in [-0.25, -0.2) is 0 Å². The molecule has 0 spiro atoms. The summed E-state index contributed by atoms with van der Waals surface area (Å²) in [4.78, 5) is 0. The third-order valence-electron chi connectivity index (χ3n) is 5.04. The molecular weight excluding hydrogens is 254 g/mol. The van der Waals surface area contributed by atoms with Crippen molar-refractivity contribution in [1.29, 1.82) is 0 Å². The molecule has 4 unspecified atom stereocenters. The second-order valence-electron chi connectivity index (χ2n) is 6.31. The van der Waals surface area contributed by atoms with Crippen LogP contribution >= 0.6 is 11.8 Å². The molecule has 0 aliphatic heterocycles. The van der Waals surface area contributed by atoms with Crippen LogP contribution in [-0.2, 0) is 12.3 Å². The molecule has 2 aliphatic carbocycles. The minimum Gasteiger partial charge on any atom is -0.464 e. The summed E-state index contributed by atoms with van der Waals surface area (Å²) < 4.78 is 5.82. The lowest BCUT2D eigenvalue weighted by atomic mass is 9.84. The monoisotopic (exact) mass is 279 g/mol. The molecular formula is C16H25NOS. The van der Waals surface area contributed by atoms with Crippen LogP contribution in [0.4, 0.5) is 0 Å². The molecule has 1 aromatic rings. The summed E-state index contributed by atoms with van der Waals surface area (Å²) in [7, 11) is 0. The van der Waals surface area contributed by atoms with Crippen molar-refractivity contribution in [3.63, 3.8) is 0 Å². The first kappa shape index (κ1) is 13.6. The third kappa shape index (κ3) is 3.03. The third-order valence-corrected chi connectivity index (χ3v) is 5.61. The number of hydrogen-bond donors (Lipinski definition) is 1. The summed E-state index contributed by atoms with van der Waals surface area (Å²) >= 11 is 1.81. The molecule has 0 saturated heterocycles. The van der Waals surface area contributed by atoms with Gasteiger partial charge < -0.3 is 9.73 Å². The molecule has 2 nitrogen and oxygen atoms in total. The average molecular weight is 279 g/mol. The number of fused-ring (bicyclic) bond motifs is 2. The fourth-order valence-electron chi connectivity index (χ4n) is 4.06. The summed E-state index contributed by atoms with van der Waals surface area (Å²) in [6.07, 6.45) is 8.02. The minimum atomic E-state index is 0.629. The van der Waals surface area contributed by atoms with Gasteiger partial charge in [0, 0.05) is 6.04 Å². The number of thioether (sulfide) groups is 1. The first-order valence-corrected chi connectivity index (χ1v) is 8.95. The fraction of sp³-hybridized carbons (Fsp3) is 0.750. The van der Waals surface area contributed by atoms with Crippen LogP contribution in [0.5, 0.6) is 0 Å². The van der Waals surface area contributed by atoms with E-state index in [2.05, 4.69) is 30.6 Å². The Hall–Kier alpha value is -0.410. The van der Waals surface area contributed by atoms with Gasteiger partial charge in [0.15, 0.2) is 0 Å². The fourth-order valence-corrected chi connectivity index (χ4v) is 4.50. The quantitative estimate of drug-likeness (QED) is 0.850. The molecule has 3 heteroatoms. The van der Waals surface area contributed by atoms with E-state index in [0.717, 1.165) is 41.6 Å². The Kier molecular flexibility index (Phi) is 4.23. The second kappa shape index (κ2) is 5.92. The van der Waals surface area contributed by atoms with Crippen LogP contribution < -0.4 is 5.32 Å². The maximum atomic E-state index is 5.82. The van der Waals surface area contributed by atoms with E-state index in [-0.39, 0.29) is 0 Å². The molecule has 2 bridgehead atoms. The molecule has 2 fully saturated rings. The molecule has 4 atom stereocenters. The first-order chi connectivity index (χ1) is 9.26. The topological polar surface area (TPSA) is 25.2 Å². The Bertz CT molecular complexity index is 417. The van der Waals surface area contributed by atoms with Crippen LogP contribution in [-0.4, -0.2) is 12.3 Å². The van der Waals surface area contributed by atoms with E-state index in [1.807, 2.05) is 0 Å². The van der Waals surface area contributed by atoms with Gasteiger partial charge in [-0.1, -0.05) is 6.42 Å². The van der Waals surface area contributed by atoms with E-state index in [9.17, 15) is 0 Å². The van der Waals surface area contributed by atoms with E-state index < -0.39 is 0 Å². The maximum Gasteiger partial charge on any atom is 0.118 e. The van der Waals surface area contributed by atoms with Gasteiger partial charge in [-0.3, -0.25) is 0 Å². The van der Waals surface area contributed by atoms with Gasteiger partial charge in [0.25, 0.3) is 0 Å². The molecule has 106 valence electrons. The molecule has 1 heterocycles. The highest BCUT2D eigenvalue weighted by molar-refractivity contribution is 7.97. The lowest BCUT2D eigenvalue weighted by Crippen LogP contribution is -2.35. The van der Waals surface area contributed by atoms with E-state index in [0.29, 0.717) is 6.04 Å². The second-order valence-corrected chi connectivity index (χ2v) is 7.18. The van der Waals surface area contributed by atoms with E-state index in [1.54, 1.807) is 11.8 Å². The summed E-state index contributed by atoms with van der Waals surface area (Å²) in [5, 5.41) is 3.68. The Morgan fingerprint density at radius 3 is 2.84 bits per heavy atom. The standard InChI is InChI=1S/C16H25NOS/c1-11(16-8-12-3-4-13(16)7-12)17-9-14-5-6-15(18-14)10-19-2/h5-6,11-13,16-17H,3-4,7-10H2,1-2H3. The minimum absolute atomic E-state index is 0.629. The number of hydrogen-bond acceptors (Lipinski definition) is 3. The van der Waals surface area contributed by atoms with Crippen LogP contribution in [0.3, 0.4) is 0 Å². The van der Waals surface area contributed by atoms with Crippen molar-refractivity contribution in [2.75, 3.05) is 6.26 Å². The predicted molar refractivity (Wildman–Crippen MR) is 81.2 cm³/mol. The smallest absolute Gasteiger partial charge is 0.118 e. The van der Waals surface area contributed by atoms with Gasteiger partial charge in [-0.2, -0.15) is 11.8 Å². The van der Waals surface area contributed by atoms with Gasteiger partial charge in [-0.05, 0) is 62.3 Å². The lowest BCUT2D eigenvalue weighted by molar-refractivity contribution is 0.255. The van der Waals surface area contributed by atoms with Crippen LogP contribution in [0, 0.1) is 17.8 Å². The van der Waals surface area contributed by atoms with Crippen LogP contribution in [0.25, 0.3) is 0 Å². The predicted octanol–water partition coefficient (Wildman–Crippen LogP) is 4.06. The Labute approximate surface area is 120 Å². The average Bonchev–Trinajstić information content (AvgIpc) is 3.12. The van der Waals surface area contributed by atoms with Gasteiger partial charge >= 0.3 is 0 Å². The number of nitrogens with one attached hydrogen (secondary N) is 1. The molecule has 0 aromatic carbocycles. The maximum absolute atomic E-state index is 5.82. The highest BCUT2D eigenvalue weighted by atomic mass is 32.2. The van der Waals surface area contributed by atoms with Crippen LogP contribution in [0.2, 0.25) is 0 Å². The first-order valence-electron chi connectivity index (χ1n) is 7.56. The Morgan fingerprint density at radius 1 is 1.32 bits per heavy atom. The van der Waals surface area contributed by atoms with Gasteiger partial charge in [0.05, 0.1) is 12.3 Å². The van der Waals surface area contributed by atoms with Crippen molar-refractivity contribution in [1.82, 2.24) is 5.32 Å². The summed E-state index contributed by atoms with van der Waals surface area (Å²) in [6.45, 7) is 3.24. The Balaban J connectivity index is 1.48. The summed E-state index contributed by atoms with van der Waals surface area (Å²) in [6, 6.07) is 4.85. The van der Waals surface area contributed by atoms with Crippen molar-refractivity contribution in [3.05, 3.63) is 23.7 Å². The molecule has 19 heavy (non-hydrogen) atoms. The van der Waals surface area contributed by atoms with Crippen LogP contribution in [0.1, 0.15) is 44.1 Å². The number of furan rings is 1. The van der Waals surface area contributed by atoms with E-state index in [1.165, 1.54) is 25.7 Å². The van der Waals surface area contributed by atoms with Crippen LogP contribution in [0.15, 0.2) is 16.5 Å². The normalized spacial score (nSPS) is 30.9. The molecule has 0 radical (unpaired) electrons. The summed E-state index contributed by atoms with van der Waals surface area (Å²) in [5.41, 5.74) is 0. The van der Waals surface area contributed by atoms with E-state index >= 15 is 0 Å². The lowest BCUT2D eigenvalue weighted by Gasteiger charge is -2.28. The van der Waals surface area contributed by atoms with Gasteiger partial charge in [-0.15, -0.1) is 0 Å². The van der Waals surface area contributed by atoms with Crippen molar-refractivity contribution < 1.29 is 4.42 Å². The van der Waals surface area contributed by atoms with Crippen molar-refractivity contribution in [2.45, 2.75) is 50.9 Å². The van der Waals surface area contributed by atoms with Gasteiger partial charge in [0.2, 0.25) is 0 Å². The van der Waals surface area contributed by atoms with Crippen molar-refractivity contribution >= 4 is 11.8 Å². The zero-order valence-corrected chi connectivity index (χ0v) is 12.8. The highest BCUT2D eigenvalue weighted by Crippen LogP contribution is 2.49. The molecule has 2 aliphatic rings. The molecule has 1 aromatic heterocycles. The summed E-state index contributed by atoms with van der Waals surface area (Å²) in [5.74, 6) is 6.09. The highest BCUT2D eigenvalue weighted by Gasteiger charge is 2.41. The van der Waals surface area contributed by atoms with Crippen molar-refractivity contribution in [2.24, 2.45) is 17.8 Å². The Morgan fingerprint density at radius 2 is 2.16 bits per heavy atom. The van der Waals surface area contributed by atoms with Gasteiger partial charge in [0.1, 0.15) is 11.5 Å². The molecule has 3 rings (SSSR count). The zero-order chi connectivity index (χ0) is 13.2. The SMILES string of the molecule is CSCc1ccc(CNC(C)C2CC3CCC2C3)o1. The zero-order valence-electron chi connectivity index (χ0n) is 12.0. The molecule has 1 N–H and O–H groups in total. The molecule has 0 amide bonds. The number of rotatable bonds is 6. The van der Waals surface area contributed by atoms with E-state index in [4.69, 9.17) is 4.42 Å². The molecule has 2 saturated carbocycles. The largest absolute Gasteiger partial charge is 0.464 e.